The van der Waals surface area contributed by atoms with Crippen molar-refractivity contribution >= 4 is 0 Å². The Morgan fingerprint density at radius 3 is 2.37 bits per heavy atom. The standard InChI is InChI=1S/C14H31N3O2/c1-13(2)15-5-10-19-11-14(3,4)17-8-6-16(12-18)7-9-17/h13,15,18H,5-12H2,1-4H3. The number of rotatable bonds is 8. The SMILES string of the molecule is CC(C)NCCOCC(C)(C)N1CCN(CO)CC1. The van der Waals surface area contributed by atoms with Crippen molar-refractivity contribution in [2.75, 3.05) is 52.7 Å². The molecule has 0 bridgehead atoms. The lowest BCUT2D eigenvalue weighted by Crippen LogP contribution is -2.56. The van der Waals surface area contributed by atoms with Gasteiger partial charge >= 0.3 is 0 Å². The maximum absolute atomic E-state index is 9.10. The molecule has 0 aromatic rings. The average molecular weight is 273 g/mol. The van der Waals surface area contributed by atoms with Crippen LogP contribution in [-0.4, -0.2) is 79.2 Å². The van der Waals surface area contributed by atoms with Gasteiger partial charge in [-0.3, -0.25) is 9.80 Å². The van der Waals surface area contributed by atoms with Crippen LogP contribution in [0, 0.1) is 0 Å². The van der Waals surface area contributed by atoms with Crippen LogP contribution in [0.3, 0.4) is 0 Å². The van der Waals surface area contributed by atoms with Crippen molar-refractivity contribution in [3.05, 3.63) is 0 Å². The second-order valence-corrected chi connectivity index (χ2v) is 6.22. The van der Waals surface area contributed by atoms with E-state index in [0.717, 1.165) is 45.9 Å². The van der Waals surface area contributed by atoms with Gasteiger partial charge in [0.15, 0.2) is 0 Å². The number of hydrogen-bond donors (Lipinski definition) is 2. The molecule has 114 valence electrons. The van der Waals surface area contributed by atoms with E-state index in [-0.39, 0.29) is 12.3 Å². The monoisotopic (exact) mass is 273 g/mol. The summed E-state index contributed by atoms with van der Waals surface area (Å²) in [6, 6.07) is 0.517. The van der Waals surface area contributed by atoms with Crippen LogP contribution >= 0.6 is 0 Å². The molecule has 1 heterocycles. The van der Waals surface area contributed by atoms with Crippen LogP contribution < -0.4 is 5.32 Å². The smallest absolute Gasteiger partial charge is 0.0957 e. The van der Waals surface area contributed by atoms with Crippen molar-refractivity contribution in [1.82, 2.24) is 15.1 Å². The second-order valence-electron chi connectivity index (χ2n) is 6.22. The van der Waals surface area contributed by atoms with Gasteiger partial charge in [0.05, 0.1) is 19.9 Å². The zero-order valence-electron chi connectivity index (χ0n) is 13.0. The molecular formula is C14H31N3O2. The number of nitrogens with zero attached hydrogens (tertiary/aromatic N) is 2. The molecule has 1 saturated heterocycles. The first-order valence-electron chi connectivity index (χ1n) is 7.35. The summed E-state index contributed by atoms with van der Waals surface area (Å²) in [4.78, 5) is 4.52. The Hall–Kier alpha value is -0.200. The Kier molecular flexibility index (Phi) is 7.25. The van der Waals surface area contributed by atoms with E-state index in [9.17, 15) is 0 Å². The Labute approximate surface area is 117 Å². The highest BCUT2D eigenvalue weighted by molar-refractivity contribution is 4.85. The molecule has 0 amide bonds. The molecule has 2 N–H and O–H groups in total. The van der Waals surface area contributed by atoms with Crippen molar-refractivity contribution in [2.24, 2.45) is 0 Å². The second kappa shape index (κ2) is 8.17. The lowest BCUT2D eigenvalue weighted by Gasteiger charge is -2.43. The molecule has 0 aromatic heterocycles. The molecule has 1 rings (SSSR count). The van der Waals surface area contributed by atoms with Crippen molar-refractivity contribution < 1.29 is 9.84 Å². The lowest BCUT2D eigenvalue weighted by atomic mass is 10.0. The summed E-state index contributed by atoms with van der Waals surface area (Å²) in [5, 5.41) is 12.5. The Morgan fingerprint density at radius 1 is 1.21 bits per heavy atom. The third-order valence-corrected chi connectivity index (χ3v) is 3.68. The van der Waals surface area contributed by atoms with Crippen LogP contribution in [0.15, 0.2) is 0 Å². The fourth-order valence-corrected chi connectivity index (χ4v) is 2.33. The van der Waals surface area contributed by atoms with Gasteiger partial charge in [0.1, 0.15) is 0 Å². The number of aliphatic hydroxyl groups is 1. The van der Waals surface area contributed by atoms with Crippen LogP contribution in [0.25, 0.3) is 0 Å². The van der Waals surface area contributed by atoms with E-state index in [4.69, 9.17) is 9.84 Å². The minimum atomic E-state index is 0.0688. The van der Waals surface area contributed by atoms with Crippen LogP contribution in [0.5, 0.6) is 0 Å². The van der Waals surface area contributed by atoms with Gasteiger partial charge < -0.3 is 15.2 Å². The number of aliphatic hydroxyl groups excluding tert-OH is 1. The normalized spacial score (nSPS) is 19.3. The van der Waals surface area contributed by atoms with Crippen molar-refractivity contribution in [1.29, 1.82) is 0 Å². The summed E-state index contributed by atoms with van der Waals surface area (Å²) in [5.74, 6) is 0. The molecule has 1 fully saturated rings. The highest BCUT2D eigenvalue weighted by Crippen LogP contribution is 2.17. The van der Waals surface area contributed by atoms with Crippen LogP contribution in [-0.2, 0) is 4.74 Å². The molecule has 0 aliphatic carbocycles. The topological polar surface area (TPSA) is 48.0 Å². The van der Waals surface area contributed by atoms with Crippen LogP contribution in [0.2, 0.25) is 0 Å². The Bertz CT molecular complexity index is 239. The van der Waals surface area contributed by atoms with E-state index in [1.807, 2.05) is 0 Å². The summed E-state index contributed by atoms with van der Waals surface area (Å²) >= 11 is 0. The Balaban J connectivity index is 2.20. The van der Waals surface area contributed by atoms with Crippen molar-refractivity contribution in [3.8, 4) is 0 Å². The van der Waals surface area contributed by atoms with E-state index in [2.05, 4.69) is 42.8 Å². The molecule has 0 saturated carbocycles. The highest BCUT2D eigenvalue weighted by atomic mass is 16.5. The minimum Gasteiger partial charge on any atom is -0.381 e. The maximum atomic E-state index is 9.10. The van der Waals surface area contributed by atoms with Gasteiger partial charge in [-0.1, -0.05) is 13.8 Å². The number of ether oxygens (including phenoxy) is 1. The first-order chi connectivity index (χ1) is 8.95. The third kappa shape index (κ3) is 6.19. The van der Waals surface area contributed by atoms with Crippen molar-refractivity contribution in [2.45, 2.75) is 39.3 Å². The van der Waals surface area contributed by atoms with E-state index in [1.165, 1.54) is 0 Å². The zero-order valence-corrected chi connectivity index (χ0v) is 13.0. The third-order valence-electron chi connectivity index (χ3n) is 3.68. The van der Waals surface area contributed by atoms with Crippen molar-refractivity contribution in [3.63, 3.8) is 0 Å². The molecule has 19 heavy (non-hydrogen) atoms. The minimum absolute atomic E-state index is 0.0688. The van der Waals surface area contributed by atoms with Gasteiger partial charge in [-0.05, 0) is 13.8 Å². The van der Waals surface area contributed by atoms with Crippen LogP contribution in [0.1, 0.15) is 27.7 Å². The van der Waals surface area contributed by atoms with E-state index in [0.29, 0.717) is 6.04 Å². The first-order valence-corrected chi connectivity index (χ1v) is 7.35. The highest BCUT2D eigenvalue weighted by Gasteiger charge is 2.29. The molecule has 1 aliphatic heterocycles. The van der Waals surface area contributed by atoms with Gasteiger partial charge in [0.25, 0.3) is 0 Å². The molecule has 0 radical (unpaired) electrons. The average Bonchev–Trinajstić information content (AvgIpc) is 2.38. The lowest BCUT2D eigenvalue weighted by molar-refractivity contribution is -0.0262. The summed E-state index contributed by atoms with van der Waals surface area (Å²) in [7, 11) is 0. The van der Waals surface area contributed by atoms with Gasteiger partial charge in [-0.25, -0.2) is 0 Å². The van der Waals surface area contributed by atoms with Gasteiger partial charge in [-0.15, -0.1) is 0 Å². The largest absolute Gasteiger partial charge is 0.381 e. The molecule has 0 aromatic carbocycles. The summed E-state index contributed by atoms with van der Waals surface area (Å²) < 4.78 is 5.79. The molecular weight excluding hydrogens is 242 g/mol. The van der Waals surface area contributed by atoms with Gasteiger partial charge in [0, 0.05) is 44.3 Å². The fourth-order valence-electron chi connectivity index (χ4n) is 2.33. The summed E-state index contributed by atoms with van der Waals surface area (Å²) in [6.07, 6.45) is 0. The van der Waals surface area contributed by atoms with E-state index >= 15 is 0 Å². The molecule has 5 nitrogen and oxygen atoms in total. The number of piperazine rings is 1. The fraction of sp³-hybridized carbons (Fsp3) is 1.00. The van der Waals surface area contributed by atoms with Gasteiger partial charge in [0.2, 0.25) is 0 Å². The van der Waals surface area contributed by atoms with E-state index in [1.54, 1.807) is 0 Å². The molecule has 0 spiro atoms. The molecule has 0 unspecified atom stereocenters. The van der Waals surface area contributed by atoms with E-state index < -0.39 is 0 Å². The zero-order chi connectivity index (χ0) is 14.3. The summed E-state index contributed by atoms with van der Waals surface area (Å²) in [5.41, 5.74) is 0.0688. The first kappa shape index (κ1) is 16.9. The molecule has 5 heteroatoms. The predicted molar refractivity (Wildman–Crippen MR) is 78.3 cm³/mol. The number of hydrogen-bond acceptors (Lipinski definition) is 5. The van der Waals surface area contributed by atoms with Crippen LogP contribution in [0.4, 0.5) is 0 Å². The maximum Gasteiger partial charge on any atom is 0.0957 e. The predicted octanol–water partition coefficient (Wildman–Crippen LogP) is 0.347. The number of nitrogens with one attached hydrogen (secondary N) is 1. The molecule has 1 aliphatic rings. The quantitative estimate of drug-likeness (QED) is 0.625. The molecule has 0 atom stereocenters. The Morgan fingerprint density at radius 2 is 1.84 bits per heavy atom. The van der Waals surface area contributed by atoms with Gasteiger partial charge in [-0.2, -0.15) is 0 Å². The summed E-state index contributed by atoms with van der Waals surface area (Å²) in [6.45, 7) is 15.2.